The molecule has 0 bridgehead atoms. The average molecular weight is 527 g/mol. The van der Waals surface area contributed by atoms with Crippen molar-refractivity contribution in [3.8, 4) is 0 Å². The zero-order chi connectivity index (χ0) is 26.2. The molecule has 198 valence electrons. The van der Waals surface area contributed by atoms with Gasteiger partial charge in [-0.15, -0.1) is 0 Å². The number of sulfonamides is 1. The summed E-state index contributed by atoms with van der Waals surface area (Å²) < 4.78 is 28.6. The normalized spacial score (nSPS) is 18.8. The largest absolute Gasteiger partial charge is 0.313 e. The summed E-state index contributed by atoms with van der Waals surface area (Å²) >= 11 is 0. The number of fused-ring (bicyclic) bond motifs is 2. The topological polar surface area (TPSA) is 58.2 Å². The van der Waals surface area contributed by atoms with Crippen molar-refractivity contribution in [1.82, 2.24) is 10.0 Å². The van der Waals surface area contributed by atoms with Crippen molar-refractivity contribution in [2.24, 2.45) is 0 Å². The first-order chi connectivity index (χ1) is 18.6. The molecule has 0 saturated heterocycles. The molecule has 0 aliphatic heterocycles. The van der Waals surface area contributed by atoms with Crippen molar-refractivity contribution in [2.45, 2.75) is 56.9 Å². The predicted molar refractivity (Wildman–Crippen MR) is 158 cm³/mol. The smallest absolute Gasteiger partial charge is 0.240 e. The number of nitrogens with one attached hydrogen (secondary N) is 2. The molecule has 4 nitrogen and oxygen atoms in total. The molecule has 2 N–H and O–H groups in total. The highest BCUT2D eigenvalue weighted by Gasteiger charge is 2.29. The van der Waals surface area contributed by atoms with Gasteiger partial charge in [-0.1, -0.05) is 97.4 Å². The third kappa shape index (κ3) is 6.71. The van der Waals surface area contributed by atoms with E-state index in [1.165, 1.54) is 16.7 Å². The van der Waals surface area contributed by atoms with E-state index in [-0.39, 0.29) is 0 Å². The molecule has 2 aliphatic carbocycles. The Hall–Kier alpha value is -2.99. The van der Waals surface area contributed by atoms with Gasteiger partial charge in [0.1, 0.15) is 0 Å². The fraction of sp³-hybridized carbons (Fsp3) is 0.333. The highest BCUT2D eigenvalue weighted by atomic mass is 32.2. The maximum Gasteiger partial charge on any atom is 0.240 e. The highest BCUT2D eigenvalue weighted by molar-refractivity contribution is 7.93. The molecule has 0 radical (unpaired) electrons. The number of hydrogen-bond donors (Lipinski definition) is 2. The molecule has 0 spiro atoms. The van der Waals surface area contributed by atoms with Gasteiger partial charge in [0.05, 0.1) is 4.91 Å². The fourth-order valence-electron chi connectivity index (χ4n) is 5.75. The van der Waals surface area contributed by atoms with Gasteiger partial charge in [0, 0.05) is 18.5 Å². The number of rotatable bonds is 11. The highest BCUT2D eigenvalue weighted by Crippen LogP contribution is 2.34. The van der Waals surface area contributed by atoms with Gasteiger partial charge in [-0.25, -0.2) is 13.1 Å². The Morgan fingerprint density at radius 3 is 2.37 bits per heavy atom. The van der Waals surface area contributed by atoms with E-state index in [0.717, 1.165) is 55.5 Å². The maximum atomic E-state index is 12.9. The summed E-state index contributed by atoms with van der Waals surface area (Å²) in [5, 5.41) is 5.88. The molecule has 3 aromatic rings. The Morgan fingerprint density at radius 1 is 0.763 bits per heavy atom. The fourth-order valence-corrected chi connectivity index (χ4v) is 6.93. The summed E-state index contributed by atoms with van der Waals surface area (Å²) in [4.78, 5) is 0.363. The molecule has 2 aliphatic rings. The molecule has 5 rings (SSSR count). The second-order valence-corrected chi connectivity index (χ2v) is 12.1. The number of unbranched alkanes of at least 4 members (excludes halogenated alkanes) is 2. The first-order valence-corrected chi connectivity index (χ1v) is 15.4. The van der Waals surface area contributed by atoms with Crippen LogP contribution in [0.4, 0.5) is 0 Å². The first kappa shape index (κ1) is 26.6. The maximum absolute atomic E-state index is 12.9. The SMILES string of the molecule is O=S(=O)(NCCCCCNC1CCc2ccccc2C1Cc1ccccc1)C1=CCC=c2ccccc2=C1. The first-order valence-electron chi connectivity index (χ1n) is 13.9. The number of benzene rings is 3. The van der Waals surface area contributed by atoms with Crippen LogP contribution in [0.3, 0.4) is 0 Å². The van der Waals surface area contributed by atoms with Gasteiger partial charge in [0.15, 0.2) is 0 Å². The summed E-state index contributed by atoms with van der Waals surface area (Å²) in [7, 11) is -3.50. The number of aryl methyl sites for hydroxylation is 1. The monoisotopic (exact) mass is 526 g/mol. The van der Waals surface area contributed by atoms with E-state index in [1.54, 1.807) is 12.2 Å². The van der Waals surface area contributed by atoms with Crippen molar-refractivity contribution in [1.29, 1.82) is 0 Å². The molecule has 0 amide bonds. The van der Waals surface area contributed by atoms with Gasteiger partial charge >= 0.3 is 0 Å². The van der Waals surface area contributed by atoms with Gasteiger partial charge in [0.2, 0.25) is 10.0 Å². The van der Waals surface area contributed by atoms with E-state index in [1.807, 2.05) is 24.3 Å². The van der Waals surface area contributed by atoms with Gasteiger partial charge in [-0.05, 0) is 78.3 Å². The van der Waals surface area contributed by atoms with E-state index < -0.39 is 10.0 Å². The molecule has 38 heavy (non-hydrogen) atoms. The molecule has 5 heteroatoms. The quantitative estimate of drug-likeness (QED) is 0.360. The van der Waals surface area contributed by atoms with Crippen molar-refractivity contribution in [2.75, 3.05) is 13.1 Å². The third-order valence-electron chi connectivity index (χ3n) is 7.78. The van der Waals surface area contributed by atoms with Crippen LogP contribution in [0.1, 0.15) is 54.7 Å². The van der Waals surface area contributed by atoms with E-state index >= 15 is 0 Å². The summed E-state index contributed by atoms with van der Waals surface area (Å²) in [5.41, 5.74) is 4.36. The molecule has 0 fully saturated rings. The van der Waals surface area contributed by atoms with Crippen LogP contribution >= 0.6 is 0 Å². The zero-order valence-corrected chi connectivity index (χ0v) is 22.8. The molecular formula is C33H38N2O2S. The Balaban J connectivity index is 1.09. The zero-order valence-electron chi connectivity index (χ0n) is 22.0. The third-order valence-corrected chi connectivity index (χ3v) is 9.27. The van der Waals surface area contributed by atoms with E-state index in [4.69, 9.17) is 0 Å². The lowest BCUT2D eigenvalue weighted by Gasteiger charge is -2.35. The van der Waals surface area contributed by atoms with Crippen LogP contribution in [0.5, 0.6) is 0 Å². The van der Waals surface area contributed by atoms with Gasteiger partial charge in [-0.3, -0.25) is 0 Å². The number of allylic oxidation sites excluding steroid dienone is 2. The van der Waals surface area contributed by atoms with Gasteiger partial charge in [0.25, 0.3) is 0 Å². The molecular weight excluding hydrogens is 488 g/mol. The minimum atomic E-state index is -3.50. The molecule has 3 aromatic carbocycles. The summed E-state index contributed by atoms with van der Waals surface area (Å²) in [6.45, 7) is 1.42. The van der Waals surface area contributed by atoms with Gasteiger partial charge < -0.3 is 5.32 Å². The lowest BCUT2D eigenvalue weighted by molar-refractivity contribution is 0.380. The Kier molecular flexibility index (Phi) is 8.90. The van der Waals surface area contributed by atoms with Crippen LogP contribution in [0.25, 0.3) is 12.2 Å². The predicted octanol–water partition coefficient (Wildman–Crippen LogP) is 4.56. The van der Waals surface area contributed by atoms with E-state index in [2.05, 4.69) is 70.7 Å². The van der Waals surface area contributed by atoms with E-state index in [9.17, 15) is 8.42 Å². The molecule has 2 atom stereocenters. The van der Waals surface area contributed by atoms with Crippen LogP contribution in [0.2, 0.25) is 0 Å². The van der Waals surface area contributed by atoms with Crippen LogP contribution in [0.15, 0.2) is 89.8 Å². The van der Waals surface area contributed by atoms with Crippen LogP contribution < -0.4 is 20.5 Å². The molecule has 0 heterocycles. The van der Waals surface area contributed by atoms with Crippen molar-refractivity contribution < 1.29 is 8.42 Å². The van der Waals surface area contributed by atoms with Crippen LogP contribution in [0, 0.1) is 0 Å². The summed E-state index contributed by atoms with van der Waals surface area (Å²) in [6.07, 6.45) is 12.4. The average Bonchev–Trinajstić information content (AvgIpc) is 3.17. The minimum Gasteiger partial charge on any atom is -0.313 e. The van der Waals surface area contributed by atoms with Crippen molar-refractivity contribution in [3.63, 3.8) is 0 Å². The second kappa shape index (κ2) is 12.7. The van der Waals surface area contributed by atoms with Crippen LogP contribution in [-0.4, -0.2) is 27.5 Å². The summed E-state index contributed by atoms with van der Waals surface area (Å²) in [6, 6.07) is 28.1. The molecule has 0 saturated carbocycles. The minimum absolute atomic E-state index is 0.363. The van der Waals surface area contributed by atoms with Crippen LogP contribution in [-0.2, 0) is 22.9 Å². The molecule has 0 aromatic heterocycles. The van der Waals surface area contributed by atoms with Crippen molar-refractivity contribution in [3.05, 3.63) is 117 Å². The second-order valence-electron chi connectivity index (χ2n) is 10.4. The lowest BCUT2D eigenvalue weighted by atomic mass is 9.76. The Bertz CT molecular complexity index is 1480. The Morgan fingerprint density at radius 2 is 1.50 bits per heavy atom. The molecule has 2 unspecified atom stereocenters. The lowest BCUT2D eigenvalue weighted by Crippen LogP contribution is -2.39. The Labute approximate surface area is 227 Å². The number of hydrogen-bond acceptors (Lipinski definition) is 3. The van der Waals surface area contributed by atoms with E-state index in [0.29, 0.717) is 29.8 Å². The van der Waals surface area contributed by atoms with Gasteiger partial charge in [-0.2, -0.15) is 0 Å². The standard InChI is InChI=1S/C33H38N2O2S/c36-38(37,30-18-11-17-27-14-5-6-16-29(27)25-30)35-23-10-2-9-22-34-33-21-20-28-15-7-8-19-31(28)32(33)24-26-12-3-1-4-13-26/h1,3-8,12-19,25,32-35H,2,9-11,20-24H2. The van der Waals surface area contributed by atoms with Crippen molar-refractivity contribution >= 4 is 22.2 Å². The summed E-state index contributed by atoms with van der Waals surface area (Å²) in [5.74, 6) is 0.473.